The summed E-state index contributed by atoms with van der Waals surface area (Å²) in [5.74, 6) is 1.44. The quantitative estimate of drug-likeness (QED) is 0.547. The van der Waals surface area contributed by atoms with Gasteiger partial charge in [0, 0.05) is 17.8 Å². The fourth-order valence-corrected chi connectivity index (χ4v) is 3.15. The van der Waals surface area contributed by atoms with Crippen molar-refractivity contribution in [2.24, 2.45) is 0 Å². The maximum atomic E-state index is 9.32. The summed E-state index contributed by atoms with van der Waals surface area (Å²) in [5, 5.41) is 9.32. The summed E-state index contributed by atoms with van der Waals surface area (Å²) in [6.07, 6.45) is 1.64. The number of aromatic nitrogens is 4. The molecule has 3 heterocycles. The predicted molar refractivity (Wildman–Crippen MR) is 106 cm³/mol. The molecular weight excluding hydrogens is 360 g/mol. The predicted octanol–water partition coefficient (Wildman–Crippen LogP) is 3.98. The van der Waals surface area contributed by atoms with Gasteiger partial charge >= 0.3 is 0 Å². The highest BCUT2D eigenvalue weighted by molar-refractivity contribution is 6.17. The molecule has 4 aromatic rings. The summed E-state index contributed by atoms with van der Waals surface area (Å²) >= 11 is 5.91. The van der Waals surface area contributed by atoms with Gasteiger partial charge in [-0.05, 0) is 42.8 Å². The van der Waals surface area contributed by atoms with Crippen molar-refractivity contribution in [1.29, 1.82) is 5.26 Å². The Bertz CT molecular complexity index is 1190. The maximum Gasteiger partial charge on any atom is 0.165 e. The zero-order chi connectivity index (χ0) is 19.0. The first-order valence-electron chi connectivity index (χ1n) is 8.28. The number of nitrogens with zero attached hydrogens (tertiary/aromatic N) is 5. The van der Waals surface area contributed by atoms with Gasteiger partial charge in [0.1, 0.15) is 17.4 Å². The topological polar surface area (TPSA) is 93.4 Å². The lowest BCUT2D eigenvalue weighted by molar-refractivity contribution is 1.06. The average Bonchev–Trinajstić information content (AvgIpc) is 3.05. The van der Waals surface area contributed by atoms with Gasteiger partial charge in [0.05, 0.1) is 16.8 Å². The highest BCUT2D eigenvalue weighted by Gasteiger charge is 2.19. The van der Waals surface area contributed by atoms with Crippen LogP contribution >= 0.6 is 11.6 Å². The summed E-state index contributed by atoms with van der Waals surface area (Å²) in [6.45, 7) is 1.81. The number of benzene rings is 1. The molecule has 4 rings (SSSR count). The van der Waals surface area contributed by atoms with Crippen molar-refractivity contribution in [3.63, 3.8) is 0 Å². The van der Waals surface area contributed by atoms with E-state index >= 15 is 0 Å². The molecule has 0 aliphatic rings. The molecule has 27 heavy (non-hydrogen) atoms. The number of aryl methyl sites for hydroxylation is 1. The van der Waals surface area contributed by atoms with Crippen LogP contribution < -0.4 is 5.73 Å². The van der Waals surface area contributed by atoms with Crippen molar-refractivity contribution in [3.05, 3.63) is 65.5 Å². The van der Waals surface area contributed by atoms with Gasteiger partial charge in [-0.1, -0.05) is 12.1 Å². The van der Waals surface area contributed by atoms with E-state index < -0.39 is 0 Å². The number of nitrogens with two attached hydrogens (primary N) is 1. The number of anilines is 1. The Morgan fingerprint density at radius 1 is 1.19 bits per heavy atom. The highest BCUT2D eigenvalue weighted by atomic mass is 35.5. The van der Waals surface area contributed by atoms with Crippen molar-refractivity contribution in [2.75, 3.05) is 5.73 Å². The van der Waals surface area contributed by atoms with E-state index in [1.54, 1.807) is 12.3 Å². The summed E-state index contributed by atoms with van der Waals surface area (Å²) in [4.78, 5) is 13.5. The average molecular weight is 375 g/mol. The summed E-state index contributed by atoms with van der Waals surface area (Å²) in [6, 6.07) is 15.4. The molecule has 6 nitrogen and oxygen atoms in total. The van der Waals surface area contributed by atoms with E-state index in [9.17, 15) is 5.26 Å². The minimum atomic E-state index is 0.378. The van der Waals surface area contributed by atoms with E-state index in [0.717, 1.165) is 11.3 Å². The number of hydrogen-bond donors (Lipinski definition) is 1. The van der Waals surface area contributed by atoms with E-state index in [-0.39, 0.29) is 0 Å². The molecule has 0 saturated carbocycles. The molecule has 0 aliphatic carbocycles. The number of halogens is 1. The third kappa shape index (κ3) is 2.88. The third-order valence-electron chi connectivity index (χ3n) is 4.37. The highest BCUT2D eigenvalue weighted by Crippen LogP contribution is 2.31. The zero-order valence-corrected chi connectivity index (χ0v) is 15.3. The molecule has 0 saturated heterocycles. The Morgan fingerprint density at radius 2 is 1.96 bits per heavy atom. The summed E-state index contributed by atoms with van der Waals surface area (Å²) in [5.41, 5.74) is 11.1. The van der Waals surface area contributed by atoms with Crippen molar-refractivity contribution >= 4 is 28.6 Å². The first-order valence-corrected chi connectivity index (χ1v) is 8.82. The molecule has 0 atom stereocenters. The molecule has 0 unspecified atom stereocenters. The lowest BCUT2D eigenvalue weighted by Gasteiger charge is -2.11. The standard InChI is InChI=1S/C20H15ClN6/c1-12-14(11-22)9-17-20(25-12)27(15-6-4-13(10-21)5-7-15)19(26-17)16-3-2-8-24-18(16)23/h2-9H,10H2,1H3,(H2,23,24). The molecule has 1 aromatic carbocycles. The molecule has 3 aromatic heterocycles. The molecular formula is C20H15ClN6. The second kappa shape index (κ2) is 6.71. The van der Waals surface area contributed by atoms with E-state index in [4.69, 9.17) is 22.3 Å². The van der Waals surface area contributed by atoms with E-state index in [1.807, 2.05) is 47.9 Å². The number of hydrogen-bond acceptors (Lipinski definition) is 5. The zero-order valence-electron chi connectivity index (χ0n) is 14.5. The maximum absolute atomic E-state index is 9.32. The normalized spacial score (nSPS) is 10.9. The van der Waals surface area contributed by atoms with Crippen LogP contribution in [0, 0.1) is 18.3 Å². The van der Waals surface area contributed by atoms with Crippen LogP contribution in [0.1, 0.15) is 16.8 Å². The summed E-state index contributed by atoms with van der Waals surface area (Å²) in [7, 11) is 0. The fourth-order valence-electron chi connectivity index (χ4n) is 2.97. The number of fused-ring (bicyclic) bond motifs is 1. The molecule has 0 aliphatic heterocycles. The van der Waals surface area contributed by atoms with Crippen molar-refractivity contribution < 1.29 is 0 Å². The second-order valence-corrected chi connectivity index (χ2v) is 6.35. The molecule has 7 heteroatoms. The van der Waals surface area contributed by atoms with Gasteiger partial charge in [0.25, 0.3) is 0 Å². The molecule has 0 amide bonds. The Hall–Kier alpha value is -3.43. The largest absolute Gasteiger partial charge is 0.383 e. The first-order chi connectivity index (χ1) is 13.1. The van der Waals surface area contributed by atoms with Gasteiger partial charge in [0.15, 0.2) is 11.5 Å². The number of nitrogen functional groups attached to an aromatic ring is 1. The van der Waals surface area contributed by atoms with Crippen molar-refractivity contribution in [3.8, 4) is 23.1 Å². The first kappa shape index (κ1) is 17.0. The molecule has 2 N–H and O–H groups in total. The van der Waals surface area contributed by atoms with E-state index in [1.165, 1.54) is 0 Å². The SMILES string of the molecule is Cc1nc2c(cc1C#N)nc(-c1cccnc1N)n2-c1ccc(CCl)cc1. The minimum absolute atomic E-state index is 0.378. The van der Waals surface area contributed by atoms with Gasteiger partial charge in [0.2, 0.25) is 0 Å². The molecule has 132 valence electrons. The Kier molecular flexibility index (Phi) is 4.22. The van der Waals surface area contributed by atoms with Crippen LogP contribution in [0.5, 0.6) is 0 Å². The number of alkyl halides is 1. The van der Waals surface area contributed by atoms with E-state index in [2.05, 4.69) is 16.0 Å². The number of rotatable bonds is 3. The van der Waals surface area contributed by atoms with Crippen LogP contribution in [0.25, 0.3) is 28.2 Å². The van der Waals surface area contributed by atoms with Gasteiger partial charge in [-0.3, -0.25) is 4.57 Å². The van der Waals surface area contributed by atoms with Crippen LogP contribution in [0.3, 0.4) is 0 Å². The molecule has 0 radical (unpaired) electrons. The van der Waals surface area contributed by atoms with Gasteiger partial charge in [-0.15, -0.1) is 11.6 Å². The smallest absolute Gasteiger partial charge is 0.165 e. The molecule has 0 spiro atoms. The van der Waals surface area contributed by atoms with Crippen LogP contribution in [0.15, 0.2) is 48.7 Å². The number of nitriles is 1. The van der Waals surface area contributed by atoms with Gasteiger partial charge in [-0.2, -0.15) is 5.26 Å². The Morgan fingerprint density at radius 3 is 2.63 bits per heavy atom. The molecule has 0 bridgehead atoms. The lowest BCUT2D eigenvalue weighted by Crippen LogP contribution is -2.02. The Labute approximate surface area is 160 Å². The lowest BCUT2D eigenvalue weighted by atomic mass is 10.2. The minimum Gasteiger partial charge on any atom is -0.383 e. The fraction of sp³-hybridized carbons (Fsp3) is 0.100. The van der Waals surface area contributed by atoms with Crippen molar-refractivity contribution in [1.82, 2.24) is 19.5 Å². The van der Waals surface area contributed by atoms with Gasteiger partial charge in [-0.25, -0.2) is 15.0 Å². The summed E-state index contributed by atoms with van der Waals surface area (Å²) < 4.78 is 1.93. The van der Waals surface area contributed by atoms with E-state index in [0.29, 0.717) is 45.5 Å². The van der Waals surface area contributed by atoms with Crippen LogP contribution in [-0.4, -0.2) is 19.5 Å². The molecule has 0 fully saturated rings. The second-order valence-electron chi connectivity index (χ2n) is 6.08. The number of pyridine rings is 2. The monoisotopic (exact) mass is 374 g/mol. The number of imidazole rings is 1. The third-order valence-corrected chi connectivity index (χ3v) is 4.68. The van der Waals surface area contributed by atoms with Crippen LogP contribution in [0.4, 0.5) is 5.82 Å². The Balaban J connectivity index is 2.06. The van der Waals surface area contributed by atoms with Crippen molar-refractivity contribution in [2.45, 2.75) is 12.8 Å². The van der Waals surface area contributed by atoms with Crippen LogP contribution in [-0.2, 0) is 5.88 Å². The van der Waals surface area contributed by atoms with Gasteiger partial charge < -0.3 is 5.73 Å². The van der Waals surface area contributed by atoms with Crippen LogP contribution in [0.2, 0.25) is 0 Å².